The second-order valence-corrected chi connectivity index (χ2v) is 10.6. The molecule has 4 rings (SSSR count). The smallest absolute Gasteiger partial charge is 0.422 e. The molecule has 3 nitrogen and oxygen atoms in total. The van der Waals surface area contributed by atoms with Gasteiger partial charge in [-0.3, -0.25) is 0 Å². The Bertz CT molecular complexity index is 1280. The SMILES string of the molecule is O=C(OCC(F)(F)F)c1ccccc1[S+](c1ccccc1)c1ccc(Oc2ccc(I)cc2)cc1. The number of hydrogen-bond acceptors (Lipinski definition) is 3. The van der Waals surface area contributed by atoms with Gasteiger partial charge in [0.05, 0.1) is 0 Å². The standard InChI is InChI=1S/C27H19F3IO3S/c28-27(29,30)18-33-26(32)24-8-4-5-9-25(24)35(22-6-2-1-3-7-22)23-16-14-21(15-17-23)34-20-12-10-19(31)11-13-20/h1-17H,18H2/q+1. The molecule has 0 heterocycles. The van der Waals surface area contributed by atoms with Crippen LogP contribution in [0.4, 0.5) is 13.2 Å². The lowest BCUT2D eigenvalue weighted by Gasteiger charge is -2.13. The Morgan fingerprint density at radius 1 is 0.743 bits per heavy atom. The minimum Gasteiger partial charge on any atom is -0.457 e. The maximum Gasteiger partial charge on any atom is 0.422 e. The number of rotatable bonds is 7. The van der Waals surface area contributed by atoms with E-state index < -0.39 is 29.6 Å². The third-order valence-electron chi connectivity index (χ3n) is 4.78. The highest BCUT2D eigenvalue weighted by Gasteiger charge is 2.35. The molecule has 0 bridgehead atoms. The van der Waals surface area contributed by atoms with Gasteiger partial charge < -0.3 is 9.47 Å². The minimum absolute atomic E-state index is 0.100. The van der Waals surface area contributed by atoms with Crippen LogP contribution >= 0.6 is 22.6 Å². The molecule has 4 aromatic carbocycles. The van der Waals surface area contributed by atoms with E-state index in [1.165, 1.54) is 6.07 Å². The van der Waals surface area contributed by atoms with Gasteiger partial charge in [0.15, 0.2) is 21.3 Å². The van der Waals surface area contributed by atoms with E-state index in [0.717, 1.165) is 13.4 Å². The first-order valence-corrected chi connectivity index (χ1v) is 12.8. The highest BCUT2D eigenvalue weighted by molar-refractivity contribution is 14.1. The van der Waals surface area contributed by atoms with Crippen LogP contribution in [0.2, 0.25) is 0 Å². The number of alkyl halides is 3. The molecule has 0 aliphatic heterocycles. The fraction of sp³-hybridized carbons (Fsp3) is 0.0741. The maximum absolute atomic E-state index is 12.6. The summed E-state index contributed by atoms with van der Waals surface area (Å²) in [5.74, 6) is 0.340. The first-order valence-electron chi connectivity index (χ1n) is 10.5. The lowest BCUT2D eigenvalue weighted by molar-refractivity contribution is -0.161. The topological polar surface area (TPSA) is 35.5 Å². The molecule has 1 atom stereocenters. The van der Waals surface area contributed by atoms with Crippen LogP contribution in [0.1, 0.15) is 10.4 Å². The Hall–Kier alpha value is -2.98. The third kappa shape index (κ3) is 6.79. The number of halogens is 4. The summed E-state index contributed by atoms with van der Waals surface area (Å²) < 4.78 is 49.5. The van der Waals surface area contributed by atoms with Crippen LogP contribution in [0.3, 0.4) is 0 Å². The molecule has 0 aliphatic rings. The number of benzene rings is 4. The molecule has 0 amide bonds. The zero-order chi connectivity index (χ0) is 24.8. The average molecular weight is 607 g/mol. The molecule has 1 unspecified atom stereocenters. The third-order valence-corrected chi connectivity index (χ3v) is 7.78. The van der Waals surface area contributed by atoms with E-state index >= 15 is 0 Å². The van der Waals surface area contributed by atoms with Gasteiger partial charge >= 0.3 is 12.1 Å². The Morgan fingerprint density at radius 3 is 1.91 bits per heavy atom. The molecule has 0 fully saturated rings. The minimum atomic E-state index is -4.60. The van der Waals surface area contributed by atoms with E-state index in [1.807, 2.05) is 78.9 Å². The average Bonchev–Trinajstić information content (AvgIpc) is 2.86. The summed E-state index contributed by atoms with van der Waals surface area (Å²) in [4.78, 5) is 15.0. The van der Waals surface area contributed by atoms with Gasteiger partial charge in [-0.2, -0.15) is 13.2 Å². The summed E-state index contributed by atoms with van der Waals surface area (Å²) in [7, 11) is -0.768. The van der Waals surface area contributed by atoms with E-state index in [4.69, 9.17) is 4.74 Å². The van der Waals surface area contributed by atoms with E-state index in [9.17, 15) is 18.0 Å². The predicted octanol–water partition coefficient (Wildman–Crippen LogP) is 7.90. The Labute approximate surface area is 217 Å². The fourth-order valence-electron chi connectivity index (χ4n) is 3.27. The number of carbonyl (C=O) groups is 1. The van der Waals surface area contributed by atoms with Crippen molar-refractivity contribution in [3.05, 3.63) is 112 Å². The molecule has 35 heavy (non-hydrogen) atoms. The van der Waals surface area contributed by atoms with Crippen molar-refractivity contribution in [2.24, 2.45) is 0 Å². The first-order chi connectivity index (χ1) is 16.8. The van der Waals surface area contributed by atoms with Crippen LogP contribution in [0.25, 0.3) is 0 Å². The molecule has 0 N–H and O–H groups in total. The number of ether oxygens (including phenoxy) is 2. The van der Waals surface area contributed by atoms with Crippen molar-refractivity contribution in [1.29, 1.82) is 0 Å². The van der Waals surface area contributed by atoms with Gasteiger partial charge in [0.1, 0.15) is 28.0 Å². The second kappa shape index (κ2) is 11.2. The van der Waals surface area contributed by atoms with Gasteiger partial charge in [-0.25, -0.2) is 4.79 Å². The zero-order valence-electron chi connectivity index (χ0n) is 18.2. The molecular weight excluding hydrogens is 588 g/mol. The van der Waals surface area contributed by atoms with Crippen LogP contribution in [0.15, 0.2) is 118 Å². The van der Waals surface area contributed by atoms with Gasteiger partial charge in [0, 0.05) is 3.57 Å². The first kappa shape index (κ1) is 25.1. The molecule has 0 aromatic heterocycles. The van der Waals surface area contributed by atoms with Crippen molar-refractivity contribution in [3.8, 4) is 11.5 Å². The van der Waals surface area contributed by atoms with Gasteiger partial charge in [-0.05, 0) is 95.4 Å². The van der Waals surface area contributed by atoms with Crippen molar-refractivity contribution in [2.45, 2.75) is 20.9 Å². The maximum atomic E-state index is 12.6. The predicted molar refractivity (Wildman–Crippen MR) is 137 cm³/mol. The Balaban J connectivity index is 1.68. The van der Waals surface area contributed by atoms with Crippen LogP contribution < -0.4 is 4.74 Å². The number of hydrogen-bond donors (Lipinski definition) is 0. The van der Waals surface area contributed by atoms with E-state index in [2.05, 4.69) is 27.3 Å². The number of esters is 1. The van der Waals surface area contributed by atoms with E-state index in [0.29, 0.717) is 16.4 Å². The monoisotopic (exact) mass is 607 g/mol. The zero-order valence-corrected chi connectivity index (χ0v) is 21.1. The molecule has 0 spiro atoms. The second-order valence-electron chi connectivity index (χ2n) is 7.33. The molecule has 4 aromatic rings. The molecule has 178 valence electrons. The van der Waals surface area contributed by atoms with Crippen molar-refractivity contribution in [1.82, 2.24) is 0 Å². The highest BCUT2D eigenvalue weighted by Crippen LogP contribution is 2.35. The van der Waals surface area contributed by atoms with Crippen LogP contribution in [0, 0.1) is 3.57 Å². The largest absolute Gasteiger partial charge is 0.457 e. The summed E-state index contributed by atoms with van der Waals surface area (Å²) in [6, 6.07) is 31.2. The molecule has 0 saturated heterocycles. The summed E-state index contributed by atoms with van der Waals surface area (Å²) in [6.45, 7) is -1.64. The lowest BCUT2D eigenvalue weighted by atomic mass is 10.2. The van der Waals surface area contributed by atoms with Crippen molar-refractivity contribution in [2.75, 3.05) is 6.61 Å². The van der Waals surface area contributed by atoms with Crippen LogP contribution in [-0.4, -0.2) is 18.8 Å². The van der Waals surface area contributed by atoms with E-state index in [1.54, 1.807) is 18.2 Å². The van der Waals surface area contributed by atoms with Crippen LogP contribution in [-0.2, 0) is 15.6 Å². The molecule has 0 radical (unpaired) electrons. The van der Waals surface area contributed by atoms with Gasteiger partial charge in [-0.1, -0.05) is 30.3 Å². The van der Waals surface area contributed by atoms with Gasteiger partial charge in [0.25, 0.3) is 0 Å². The van der Waals surface area contributed by atoms with Crippen molar-refractivity contribution >= 4 is 39.5 Å². The summed E-state index contributed by atoms with van der Waals surface area (Å²) >= 11 is 2.22. The highest BCUT2D eigenvalue weighted by atomic mass is 127. The lowest BCUT2D eigenvalue weighted by Crippen LogP contribution is -2.21. The summed E-state index contributed by atoms with van der Waals surface area (Å²) in [5.41, 5.74) is 0.100. The fourth-order valence-corrected chi connectivity index (χ4v) is 5.83. The Kier molecular flexibility index (Phi) is 8.02. The molecule has 0 saturated carbocycles. The quantitative estimate of drug-likeness (QED) is 0.122. The van der Waals surface area contributed by atoms with Crippen molar-refractivity contribution < 1.29 is 27.4 Å². The summed E-state index contributed by atoms with van der Waals surface area (Å²) in [6.07, 6.45) is -4.60. The van der Waals surface area contributed by atoms with Gasteiger partial charge in [-0.15, -0.1) is 0 Å². The number of carbonyl (C=O) groups excluding carboxylic acids is 1. The molecule has 0 aliphatic carbocycles. The molecule has 8 heteroatoms. The van der Waals surface area contributed by atoms with E-state index in [-0.39, 0.29) is 5.56 Å². The van der Waals surface area contributed by atoms with Gasteiger partial charge in [0.2, 0.25) is 0 Å². The summed E-state index contributed by atoms with van der Waals surface area (Å²) in [5, 5.41) is 0. The van der Waals surface area contributed by atoms with Crippen LogP contribution in [0.5, 0.6) is 11.5 Å². The van der Waals surface area contributed by atoms with Crippen molar-refractivity contribution in [3.63, 3.8) is 0 Å². The normalized spacial score (nSPS) is 12.1. The molecular formula is C27H19F3IO3S+. The Morgan fingerprint density at radius 2 is 1.29 bits per heavy atom.